The van der Waals surface area contributed by atoms with Crippen molar-refractivity contribution in [1.29, 1.82) is 0 Å². The molecule has 0 aliphatic carbocycles. The molecule has 2 heterocycles. The maximum absolute atomic E-state index is 12.6. The van der Waals surface area contributed by atoms with Crippen molar-refractivity contribution >= 4 is 35.8 Å². The summed E-state index contributed by atoms with van der Waals surface area (Å²) < 4.78 is 5.59. The summed E-state index contributed by atoms with van der Waals surface area (Å²) in [5.74, 6) is 1.19. The highest BCUT2D eigenvalue weighted by Crippen LogP contribution is 2.19. The number of oxazole rings is 1. The Labute approximate surface area is 205 Å². The van der Waals surface area contributed by atoms with Crippen molar-refractivity contribution in [3.05, 3.63) is 77.2 Å². The Morgan fingerprint density at radius 1 is 1.12 bits per heavy atom. The number of guanidine groups is 1. The minimum Gasteiger partial charge on any atom is -0.444 e. The fraction of sp³-hybridized carbons (Fsp3) is 0.292. The number of carbonyl (C=O) groups excluding carboxylic acids is 1. The molecule has 2 aromatic carbocycles. The molecule has 1 aliphatic rings. The third-order valence-electron chi connectivity index (χ3n) is 5.40. The van der Waals surface area contributed by atoms with Gasteiger partial charge in [0.05, 0.1) is 18.8 Å². The van der Waals surface area contributed by atoms with E-state index in [9.17, 15) is 4.79 Å². The molecule has 3 aromatic rings. The van der Waals surface area contributed by atoms with Gasteiger partial charge >= 0.3 is 0 Å². The lowest BCUT2D eigenvalue weighted by Gasteiger charge is -2.29. The second kappa shape index (κ2) is 11.1. The molecule has 0 unspecified atom stereocenters. The van der Waals surface area contributed by atoms with Crippen LogP contribution in [0.3, 0.4) is 0 Å². The maximum Gasteiger partial charge on any atom is 0.242 e. The normalized spacial score (nSPS) is 13.2. The lowest BCUT2D eigenvalue weighted by molar-refractivity contribution is -0.130. The molecular formula is C24H28IN5O2. The van der Waals surface area contributed by atoms with Gasteiger partial charge in [0.2, 0.25) is 11.8 Å². The van der Waals surface area contributed by atoms with Crippen LogP contribution in [0.2, 0.25) is 0 Å². The van der Waals surface area contributed by atoms with E-state index in [0.29, 0.717) is 24.9 Å². The summed E-state index contributed by atoms with van der Waals surface area (Å²) in [6.07, 6.45) is 2.52. The zero-order chi connectivity index (χ0) is 21.6. The van der Waals surface area contributed by atoms with Crippen molar-refractivity contribution in [3.8, 4) is 11.5 Å². The standard InChI is InChI=1S/C24H27N5O2.HI/c1-17-7-9-19(10-8-17)23-28-21(16-31-23)13-26-24(25-2)27-14-22(30)29-12-11-18-5-3-4-6-20(18)15-29;/h3-10,16H,11-15H2,1-2H3,(H2,25,26,27);1H. The van der Waals surface area contributed by atoms with Crippen LogP contribution in [-0.2, 0) is 24.3 Å². The van der Waals surface area contributed by atoms with E-state index >= 15 is 0 Å². The first-order chi connectivity index (χ1) is 15.1. The molecule has 0 saturated heterocycles. The van der Waals surface area contributed by atoms with E-state index in [0.717, 1.165) is 24.2 Å². The molecule has 0 radical (unpaired) electrons. The maximum atomic E-state index is 12.6. The third-order valence-corrected chi connectivity index (χ3v) is 5.40. The number of hydrogen-bond donors (Lipinski definition) is 2. The van der Waals surface area contributed by atoms with Crippen molar-refractivity contribution in [1.82, 2.24) is 20.5 Å². The van der Waals surface area contributed by atoms with Gasteiger partial charge in [-0.2, -0.15) is 0 Å². The summed E-state index contributed by atoms with van der Waals surface area (Å²) in [4.78, 5) is 23.2. The second-order valence-electron chi connectivity index (χ2n) is 7.62. The number of carbonyl (C=O) groups is 1. The number of hydrogen-bond acceptors (Lipinski definition) is 4. The number of nitrogens with zero attached hydrogens (tertiary/aromatic N) is 3. The number of amides is 1. The average molecular weight is 545 g/mol. The molecule has 4 rings (SSSR count). The van der Waals surface area contributed by atoms with Crippen molar-refractivity contribution in [2.45, 2.75) is 26.4 Å². The predicted octanol–water partition coefficient (Wildman–Crippen LogP) is 3.52. The molecular weight excluding hydrogens is 517 g/mol. The van der Waals surface area contributed by atoms with Gasteiger partial charge in [0.25, 0.3) is 0 Å². The molecule has 1 aromatic heterocycles. The Morgan fingerprint density at radius 3 is 2.62 bits per heavy atom. The molecule has 168 valence electrons. The highest BCUT2D eigenvalue weighted by Gasteiger charge is 2.20. The van der Waals surface area contributed by atoms with E-state index in [2.05, 4.69) is 32.7 Å². The zero-order valence-corrected chi connectivity index (χ0v) is 20.6. The molecule has 0 atom stereocenters. The summed E-state index contributed by atoms with van der Waals surface area (Å²) in [5.41, 5.74) is 5.44. The van der Waals surface area contributed by atoms with Crippen molar-refractivity contribution in [2.24, 2.45) is 4.99 Å². The Balaban J connectivity index is 0.00000289. The molecule has 32 heavy (non-hydrogen) atoms. The van der Waals surface area contributed by atoms with Gasteiger partial charge in [0, 0.05) is 25.7 Å². The van der Waals surface area contributed by atoms with E-state index < -0.39 is 0 Å². The second-order valence-corrected chi connectivity index (χ2v) is 7.62. The first-order valence-electron chi connectivity index (χ1n) is 10.4. The number of rotatable bonds is 5. The highest BCUT2D eigenvalue weighted by molar-refractivity contribution is 14.0. The van der Waals surface area contributed by atoms with Crippen LogP contribution in [0.1, 0.15) is 22.4 Å². The Kier molecular flexibility index (Phi) is 8.26. The van der Waals surface area contributed by atoms with E-state index in [4.69, 9.17) is 4.42 Å². The monoisotopic (exact) mass is 545 g/mol. The van der Waals surface area contributed by atoms with Crippen LogP contribution < -0.4 is 10.6 Å². The van der Waals surface area contributed by atoms with Crippen LogP contribution in [0, 0.1) is 6.92 Å². The predicted molar refractivity (Wildman–Crippen MR) is 136 cm³/mol. The van der Waals surface area contributed by atoms with Crippen LogP contribution in [0.25, 0.3) is 11.5 Å². The summed E-state index contributed by atoms with van der Waals surface area (Å²) in [6, 6.07) is 16.3. The largest absolute Gasteiger partial charge is 0.444 e. The number of nitrogens with one attached hydrogen (secondary N) is 2. The smallest absolute Gasteiger partial charge is 0.242 e. The molecule has 0 spiro atoms. The number of halogens is 1. The highest BCUT2D eigenvalue weighted by atomic mass is 127. The van der Waals surface area contributed by atoms with Crippen LogP contribution in [0.4, 0.5) is 0 Å². The van der Waals surface area contributed by atoms with Gasteiger partial charge in [-0.1, -0.05) is 42.0 Å². The fourth-order valence-electron chi connectivity index (χ4n) is 3.59. The molecule has 0 bridgehead atoms. The number of aliphatic imine (C=N–C) groups is 1. The van der Waals surface area contributed by atoms with Gasteiger partial charge in [-0.05, 0) is 36.6 Å². The van der Waals surface area contributed by atoms with Crippen molar-refractivity contribution in [2.75, 3.05) is 20.1 Å². The van der Waals surface area contributed by atoms with Crippen LogP contribution in [0.15, 0.2) is 64.2 Å². The van der Waals surface area contributed by atoms with E-state index in [1.807, 2.05) is 48.2 Å². The quantitative estimate of drug-likeness (QED) is 0.292. The minimum atomic E-state index is 0. The minimum absolute atomic E-state index is 0. The third kappa shape index (κ3) is 5.87. The van der Waals surface area contributed by atoms with Gasteiger partial charge in [-0.15, -0.1) is 24.0 Å². The summed E-state index contributed by atoms with van der Waals surface area (Å²) >= 11 is 0. The zero-order valence-electron chi connectivity index (χ0n) is 18.3. The van der Waals surface area contributed by atoms with Crippen LogP contribution >= 0.6 is 24.0 Å². The van der Waals surface area contributed by atoms with Gasteiger partial charge < -0.3 is 20.0 Å². The van der Waals surface area contributed by atoms with Crippen LogP contribution in [0.5, 0.6) is 0 Å². The molecule has 2 N–H and O–H groups in total. The van der Waals surface area contributed by atoms with Crippen molar-refractivity contribution < 1.29 is 9.21 Å². The van der Waals surface area contributed by atoms with Gasteiger partial charge in [-0.3, -0.25) is 9.79 Å². The molecule has 8 heteroatoms. The number of fused-ring (bicyclic) bond motifs is 1. The molecule has 0 fully saturated rings. The number of aryl methyl sites for hydroxylation is 1. The molecule has 7 nitrogen and oxygen atoms in total. The SMILES string of the molecule is CN=C(NCC(=O)N1CCc2ccccc2C1)NCc1coc(-c2ccc(C)cc2)n1.I. The Hall–Kier alpha value is -2.88. The topological polar surface area (TPSA) is 82.8 Å². The molecule has 0 saturated carbocycles. The van der Waals surface area contributed by atoms with Crippen LogP contribution in [-0.4, -0.2) is 41.9 Å². The van der Waals surface area contributed by atoms with E-state index in [-0.39, 0.29) is 36.4 Å². The van der Waals surface area contributed by atoms with Gasteiger partial charge in [0.15, 0.2) is 5.96 Å². The summed E-state index contributed by atoms with van der Waals surface area (Å²) in [5, 5.41) is 6.27. The molecule has 1 amide bonds. The Bertz CT molecular complexity index is 1080. The van der Waals surface area contributed by atoms with E-state index in [1.165, 1.54) is 16.7 Å². The first-order valence-corrected chi connectivity index (χ1v) is 10.4. The molecule has 1 aliphatic heterocycles. The number of aromatic nitrogens is 1. The fourth-order valence-corrected chi connectivity index (χ4v) is 3.59. The van der Waals surface area contributed by atoms with Gasteiger partial charge in [0.1, 0.15) is 6.26 Å². The summed E-state index contributed by atoms with van der Waals surface area (Å²) in [7, 11) is 1.68. The van der Waals surface area contributed by atoms with E-state index in [1.54, 1.807) is 13.3 Å². The number of benzene rings is 2. The lowest BCUT2D eigenvalue weighted by atomic mass is 10.00. The summed E-state index contributed by atoms with van der Waals surface area (Å²) in [6.45, 7) is 4.07. The first kappa shape index (κ1) is 23.8. The average Bonchev–Trinajstić information content (AvgIpc) is 3.28. The van der Waals surface area contributed by atoms with Gasteiger partial charge in [-0.25, -0.2) is 4.98 Å². The lowest BCUT2D eigenvalue weighted by Crippen LogP contribution is -2.45. The van der Waals surface area contributed by atoms with Crippen molar-refractivity contribution in [3.63, 3.8) is 0 Å². The Morgan fingerprint density at radius 2 is 1.88 bits per heavy atom.